The summed E-state index contributed by atoms with van der Waals surface area (Å²) in [5, 5.41) is 18.5. The Morgan fingerprint density at radius 1 is 1.16 bits per heavy atom. The maximum Gasteiger partial charge on any atom is 0.302 e. The predicted octanol–water partition coefficient (Wildman–Crippen LogP) is 4.14. The van der Waals surface area contributed by atoms with Gasteiger partial charge in [-0.05, 0) is 30.2 Å². The third-order valence-corrected chi connectivity index (χ3v) is 4.01. The first-order valence-electron chi connectivity index (χ1n) is 8.03. The van der Waals surface area contributed by atoms with Crippen LogP contribution in [0.15, 0.2) is 58.8 Å². The monoisotopic (exact) mass is 337 g/mol. The number of carbonyl (C=O) groups excluding carboxylic acids is 1. The van der Waals surface area contributed by atoms with Crippen LogP contribution in [0.1, 0.15) is 12.5 Å². The van der Waals surface area contributed by atoms with E-state index in [1.54, 1.807) is 11.6 Å². The van der Waals surface area contributed by atoms with E-state index in [9.17, 15) is 9.90 Å². The van der Waals surface area contributed by atoms with Crippen molar-refractivity contribution in [1.82, 2.24) is 4.57 Å². The van der Waals surface area contributed by atoms with Gasteiger partial charge >= 0.3 is 5.91 Å². The summed E-state index contributed by atoms with van der Waals surface area (Å²) in [4.78, 5) is 11.9. The number of carbonyl (C=O) groups is 1. The normalized spacial score (nSPS) is 11.3. The topological polar surface area (TPSA) is 76.2 Å². The molecule has 0 aliphatic heterocycles. The first-order chi connectivity index (χ1) is 12.1. The van der Waals surface area contributed by atoms with Crippen molar-refractivity contribution in [3.8, 4) is 11.6 Å². The van der Waals surface area contributed by atoms with Gasteiger partial charge in [-0.15, -0.1) is 10.2 Å². The van der Waals surface area contributed by atoms with Gasteiger partial charge in [0.2, 0.25) is 5.88 Å². The quantitative estimate of drug-likeness (QED) is 0.711. The highest BCUT2D eigenvalue weighted by molar-refractivity contribution is 5.95. The molecule has 0 spiro atoms. The number of nitrogens with zero attached hydrogens (tertiary/aromatic N) is 3. The maximum atomic E-state index is 11.9. The molecule has 0 aliphatic rings. The molecule has 0 radical (unpaired) electrons. The van der Waals surface area contributed by atoms with Crippen LogP contribution in [0.4, 0.5) is 5.69 Å². The largest absolute Gasteiger partial charge is 0.493 e. The Morgan fingerprint density at radius 3 is 2.60 bits per heavy atom. The summed E-state index contributed by atoms with van der Waals surface area (Å²) in [5.74, 6) is 0.0504. The molecule has 2 aromatic carbocycles. The average molecular weight is 337 g/mol. The third-order valence-electron chi connectivity index (χ3n) is 4.01. The zero-order valence-electron chi connectivity index (χ0n) is 14.1. The molecule has 0 atom stereocenters. The van der Waals surface area contributed by atoms with Crippen molar-refractivity contribution in [2.45, 2.75) is 13.3 Å². The van der Waals surface area contributed by atoms with E-state index in [-0.39, 0.29) is 18.2 Å². The van der Waals surface area contributed by atoms with Crippen molar-refractivity contribution < 1.29 is 14.6 Å². The van der Waals surface area contributed by atoms with E-state index in [0.29, 0.717) is 5.75 Å². The van der Waals surface area contributed by atoms with Gasteiger partial charge in [-0.25, -0.2) is 0 Å². The van der Waals surface area contributed by atoms with Crippen molar-refractivity contribution in [2.24, 2.45) is 17.3 Å². The number of aryl methyl sites for hydroxylation is 2. The lowest BCUT2D eigenvalue weighted by Crippen LogP contribution is -2.07. The molecule has 0 saturated heterocycles. The van der Waals surface area contributed by atoms with Gasteiger partial charge in [0.15, 0.2) is 12.3 Å². The Hall–Kier alpha value is -3.15. The minimum atomic E-state index is -0.521. The zero-order valence-corrected chi connectivity index (χ0v) is 14.1. The number of azo groups is 1. The summed E-state index contributed by atoms with van der Waals surface area (Å²) in [6.07, 6.45) is 0.946. The van der Waals surface area contributed by atoms with E-state index >= 15 is 0 Å². The second-order valence-corrected chi connectivity index (χ2v) is 5.63. The number of para-hydroxylation sites is 1. The van der Waals surface area contributed by atoms with Crippen molar-refractivity contribution in [3.05, 3.63) is 54.1 Å². The zero-order chi connectivity index (χ0) is 17.8. The fourth-order valence-corrected chi connectivity index (χ4v) is 2.56. The van der Waals surface area contributed by atoms with Crippen molar-refractivity contribution in [1.29, 1.82) is 0 Å². The Labute approximate surface area is 145 Å². The molecule has 1 N–H and O–H groups in total. The van der Waals surface area contributed by atoms with E-state index in [4.69, 9.17) is 4.74 Å². The molecule has 0 bridgehead atoms. The van der Waals surface area contributed by atoms with Gasteiger partial charge in [-0.3, -0.25) is 4.79 Å². The van der Waals surface area contributed by atoms with Crippen molar-refractivity contribution in [3.63, 3.8) is 0 Å². The molecule has 0 saturated carbocycles. The Morgan fingerprint density at radius 2 is 1.88 bits per heavy atom. The third kappa shape index (κ3) is 3.52. The molecule has 25 heavy (non-hydrogen) atoms. The SMILES string of the molecule is CCc1ccc(OCC(=O)N=Nc2c(O)n(C)c3ccccc23)cc1. The van der Waals surface area contributed by atoms with Crippen LogP contribution in [0, 0.1) is 0 Å². The Bertz CT molecular complexity index is 927. The molecule has 0 fully saturated rings. The van der Waals surface area contributed by atoms with Crippen LogP contribution >= 0.6 is 0 Å². The van der Waals surface area contributed by atoms with Crippen LogP contribution in [0.5, 0.6) is 11.6 Å². The highest BCUT2D eigenvalue weighted by atomic mass is 16.5. The van der Waals surface area contributed by atoms with Crippen LogP contribution in [-0.4, -0.2) is 22.2 Å². The smallest absolute Gasteiger partial charge is 0.302 e. The van der Waals surface area contributed by atoms with E-state index in [1.165, 1.54) is 5.56 Å². The van der Waals surface area contributed by atoms with Crippen LogP contribution in [0.2, 0.25) is 0 Å². The fourth-order valence-electron chi connectivity index (χ4n) is 2.56. The molecule has 3 aromatic rings. The Balaban J connectivity index is 1.69. The second kappa shape index (κ2) is 7.17. The van der Waals surface area contributed by atoms with Crippen LogP contribution in [0.25, 0.3) is 10.9 Å². The Kier molecular flexibility index (Phi) is 4.79. The minimum absolute atomic E-state index is 0.0335. The van der Waals surface area contributed by atoms with Gasteiger partial charge in [-0.2, -0.15) is 0 Å². The van der Waals surface area contributed by atoms with Gasteiger partial charge < -0.3 is 14.4 Å². The lowest BCUT2D eigenvalue weighted by atomic mass is 10.2. The summed E-state index contributed by atoms with van der Waals surface area (Å²) in [5.41, 5.74) is 2.29. The second-order valence-electron chi connectivity index (χ2n) is 5.63. The summed E-state index contributed by atoms with van der Waals surface area (Å²) >= 11 is 0. The number of amides is 1. The molecule has 0 aliphatic carbocycles. The van der Waals surface area contributed by atoms with Gasteiger partial charge in [0.25, 0.3) is 0 Å². The molecule has 128 valence electrons. The molecule has 6 nitrogen and oxygen atoms in total. The lowest BCUT2D eigenvalue weighted by molar-refractivity contribution is -0.120. The standard InChI is InChI=1S/C19H19N3O3/c1-3-13-8-10-14(11-9-13)25-12-17(23)20-21-18-15-6-4-5-7-16(15)22(2)19(18)24/h4-11,24H,3,12H2,1-2H3. The minimum Gasteiger partial charge on any atom is -0.493 e. The van der Waals surface area contributed by atoms with Crippen LogP contribution in [0.3, 0.4) is 0 Å². The van der Waals surface area contributed by atoms with Gasteiger partial charge in [-0.1, -0.05) is 37.3 Å². The van der Waals surface area contributed by atoms with Gasteiger partial charge in [0.05, 0.1) is 5.52 Å². The van der Waals surface area contributed by atoms with E-state index in [0.717, 1.165) is 17.3 Å². The number of aromatic nitrogens is 1. The summed E-state index contributed by atoms with van der Waals surface area (Å²) < 4.78 is 7.00. The maximum absolute atomic E-state index is 11.9. The number of fused-ring (bicyclic) bond motifs is 1. The first-order valence-corrected chi connectivity index (χ1v) is 8.03. The average Bonchev–Trinajstić information content (AvgIpc) is 2.89. The van der Waals surface area contributed by atoms with Crippen molar-refractivity contribution >= 4 is 22.5 Å². The summed E-state index contributed by atoms with van der Waals surface area (Å²) in [6.45, 7) is 1.86. The molecular formula is C19H19N3O3. The lowest BCUT2D eigenvalue weighted by Gasteiger charge is -2.03. The molecular weight excluding hydrogens is 318 g/mol. The van der Waals surface area contributed by atoms with Gasteiger partial charge in [0.1, 0.15) is 5.75 Å². The molecule has 0 unspecified atom stereocenters. The number of rotatable bonds is 5. The molecule has 1 heterocycles. The molecule has 6 heteroatoms. The highest BCUT2D eigenvalue weighted by Crippen LogP contribution is 2.37. The molecule has 1 amide bonds. The first kappa shape index (κ1) is 16.7. The number of benzene rings is 2. The summed E-state index contributed by atoms with van der Waals surface area (Å²) in [7, 11) is 1.72. The predicted molar refractivity (Wildman–Crippen MR) is 95.4 cm³/mol. The molecule has 1 aromatic heterocycles. The number of ether oxygens (including phenoxy) is 1. The van der Waals surface area contributed by atoms with E-state index in [2.05, 4.69) is 17.2 Å². The number of aromatic hydroxyl groups is 1. The van der Waals surface area contributed by atoms with E-state index < -0.39 is 5.91 Å². The number of hydrogen-bond donors (Lipinski definition) is 1. The highest BCUT2D eigenvalue weighted by Gasteiger charge is 2.14. The van der Waals surface area contributed by atoms with Crippen molar-refractivity contribution in [2.75, 3.05) is 6.61 Å². The van der Waals surface area contributed by atoms with Crippen LogP contribution in [-0.2, 0) is 18.3 Å². The molecule has 3 rings (SSSR count). The van der Waals surface area contributed by atoms with Gasteiger partial charge in [0, 0.05) is 12.4 Å². The number of hydrogen-bond acceptors (Lipinski definition) is 4. The van der Waals surface area contributed by atoms with E-state index in [1.807, 2.05) is 48.5 Å². The fraction of sp³-hybridized carbons (Fsp3) is 0.211. The van der Waals surface area contributed by atoms with Crippen LogP contribution < -0.4 is 4.74 Å². The summed E-state index contributed by atoms with van der Waals surface area (Å²) in [6, 6.07) is 14.9.